The summed E-state index contributed by atoms with van der Waals surface area (Å²) >= 11 is 0. The van der Waals surface area contributed by atoms with Gasteiger partial charge in [0.05, 0.1) is 17.6 Å². The number of nitrogens with zero attached hydrogens (tertiary/aromatic N) is 2. The van der Waals surface area contributed by atoms with E-state index in [1.54, 1.807) is 25.8 Å². The Hall–Kier alpha value is -1.30. The highest BCUT2D eigenvalue weighted by molar-refractivity contribution is 5.79. The van der Waals surface area contributed by atoms with Gasteiger partial charge in [-0.3, -0.25) is 4.79 Å². The molecule has 0 aromatic rings. The van der Waals surface area contributed by atoms with Gasteiger partial charge in [0.25, 0.3) is 0 Å². The maximum absolute atomic E-state index is 12.3. The summed E-state index contributed by atoms with van der Waals surface area (Å²) in [6, 6.07) is -0.216. The van der Waals surface area contributed by atoms with Crippen LogP contribution in [0.2, 0.25) is 0 Å². The quantitative estimate of drug-likeness (QED) is 0.800. The molecule has 116 valence electrons. The van der Waals surface area contributed by atoms with Crippen molar-refractivity contribution in [2.45, 2.75) is 45.6 Å². The van der Waals surface area contributed by atoms with Crippen LogP contribution < -0.4 is 0 Å². The zero-order valence-corrected chi connectivity index (χ0v) is 12.8. The standard InChI is InChI=1S/C14H26N2O4/c1-5-6-14(11(17)18)7-8-16(10-14)12(19)15(4)9-13(2,3)20/h20H,5-10H2,1-4H3,(H,17,18). The summed E-state index contributed by atoms with van der Waals surface area (Å²) in [4.78, 5) is 26.8. The highest BCUT2D eigenvalue weighted by Crippen LogP contribution is 2.36. The van der Waals surface area contributed by atoms with Crippen LogP contribution in [0.3, 0.4) is 0 Å². The van der Waals surface area contributed by atoms with Crippen molar-refractivity contribution in [2.75, 3.05) is 26.7 Å². The van der Waals surface area contributed by atoms with Gasteiger partial charge in [-0.15, -0.1) is 0 Å². The summed E-state index contributed by atoms with van der Waals surface area (Å²) < 4.78 is 0. The van der Waals surface area contributed by atoms with Crippen LogP contribution >= 0.6 is 0 Å². The van der Waals surface area contributed by atoms with Crippen LogP contribution in [0.4, 0.5) is 4.79 Å². The summed E-state index contributed by atoms with van der Waals surface area (Å²) in [6.45, 7) is 6.16. The summed E-state index contributed by atoms with van der Waals surface area (Å²) in [7, 11) is 1.63. The van der Waals surface area contributed by atoms with E-state index in [0.29, 0.717) is 19.4 Å². The van der Waals surface area contributed by atoms with E-state index in [4.69, 9.17) is 0 Å². The number of hydrogen-bond donors (Lipinski definition) is 2. The fraction of sp³-hybridized carbons (Fsp3) is 0.857. The summed E-state index contributed by atoms with van der Waals surface area (Å²) in [5, 5.41) is 19.2. The van der Waals surface area contributed by atoms with Crippen molar-refractivity contribution in [3.63, 3.8) is 0 Å². The summed E-state index contributed by atoms with van der Waals surface area (Å²) in [5.41, 5.74) is -1.77. The second kappa shape index (κ2) is 5.99. The van der Waals surface area contributed by atoms with Crippen LogP contribution in [-0.4, -0.2) is 64.3 Å². The lowest BCUT2D eigenvalue weighted by atomic mass is 9.83. The molecule has 0 bridgehead atoms. The van der Waals surface area contributed by atoms with E-state index in [2.05, 4.69) is 0 Å². The van der Waals surface area contributed by atoms with Crippen molar-refractivity contribution in [3.05, 3.63) is 0 Å². The molecule has 0 saturated carbocycles. The van der Waals surface area contributed by atoms with Crippen molar-refractivity contribution >= 4 is 12.0 Å². The molecule has 20 heavy (non-hydrogen) atoms. The number of aliphatic hydroxyl groups is 1. The molecule has 6 nitrogen and oxygen atoms in total. The maximum atomic E-state index is 12.3. The lowest BCUT2D eigenvalue weighted by Crippen LogP contribution is -2.47. The number of likely N-dealkylation sites (N-methyl/N-ethyl adjacent to an activating group) is 1. The molecule has 1 fully saturated rings. The molecule has 1 aliphatic rings. The second-order valence-corrected chi connectivity index (χ2v) is 6.46. The zero-order chi connectivity index (χ0) is 15.6. The Morgan fingerprint density at radius 1 is 1.40 bits per heavy atom. The number of carboxylic acids is 1. The average Bonchev–Trinajstić information content (AvgIpc) is 2.72. The number of carbonyl (C=O) groups excluding carboxylic acids is 1. The molecule has 1 heterocycles. The number of likely N-dealkylation sites (tertiary alicyclic amines) is 1. The normalized spacial score (nSPS) is 22.9. The lowest BCUT2D eigenvalue weighted by molar-refractivity contribution is -0.148. The Labute approximate surface area is 120 Å². The Kier molecular flexibility index (Phi) is 5.02. The Balaban J connectivity index is 2.71. The van der Waals surface area contributed by atoms with E-state index >= 15 is 0 Å². The predicted octanol–water partition coefficient (Wildman–Crippen LogP) is 1.39. The fourth-order valence-electron chi connectivity index (χ4n) is 2.89. The third-order valence-corrected chi connectivity index (χ3v) is 3.76. The van der Waals surface area contributed by atoms with Gasteiger partial charge in [0, 0.05) is 20.1 Å². The van der Waals surface area contributed by atoms with Gasteiger partial charge in [0.2, 0.25) is 0 Å². The number of urea groups is 1. The number of rotatable bonds is 5. The van der Waals surface area contributed by atoms with E-state index < -0.39 is 17.0 Å². The number of hydrogen-bond acceptors (Lipinski definition) is 3. The van der Waals surface area contributed by atoms with Crippen LogP contribution in [0.25, 0.3) is 0 Å². The molecule has 0 spiro atoms. The smallest absolute Gasteiger partial charge is 0.319 e. The molecule has 2 amide bonds. The largest absolute Gasteiger partial charge is 0.481 e. The van der Waals surface area contributed by atoms with E-state index in [9.17, 15) is 19.8 Å². The van der Waals surface area contributed by atoms with Crippen molar-refractivity contribution in [2.24, 2.45) is 5.41 Å². The van der Waals surface area contributed by atoms with Crippen LogP contribution in [0.1, 0.15) is 40.0 Å². The van der Waals surface area contributed by atoms with Crippen LogP contribution in [0.5, 0.6) is 0 Å². The zero-order valence-electron chi connectivity index (χ0n) is 12.8. The minimum atomic E-state index is -0.961. The second-order valence-electron chi connectivity index (χ2n) is 6.46. The van der Waals surface area contributed by atoms with Gasteiger partial charge in [0.1, 0.15) is 0 Å². The van der Waals surface area contributed by atoms with Crippen LogP contribution in [-0.2, 0) is 4.79 Å². The highest BCUT2D eigenvalue weighted by Gasteiger charge is 2.46. The third-order valence-electron chi connectivity index (χ3n) is 3.76. The first-order chi connectivity index (χ1) is 9.11. The van der Waals surface area contributed by atoms with Gasteiger partial charge < -0.3 is 20.0 Å². The highest BCUT2D eigenvalue weighted by atomic mass is 16.4. The minimum absolute atomic E-state index is 0.216. The molecule has 0 radical (unpaired) electrons. The monoisotopic (exact) mass is 286 g/mol. The van der Waals surface area contributed by atoms with E-state index in [1.807, 2.05) is 6.92 Å². The van der Waals surface area contributed by atoms with Gasteiger partial charge in [-0.2, -0.15) is 0 Å². The number of carbonyl (C=O) groups is 2. The number of carboxylic acid groups (broad SMARTS) is 1. The SMILES string of the molecule is CCCC1(C(=O)O)CCN(C(=O)N(C)CC(C)(C)O)C1. The fourth-order valence-corrected chi connectivity index (χ4v) is 2.89. The molecular weight excluding hydrogens is 260 g/mol. The number of amides is 2. The molecule has 1 atom stereocenters. The van der Waals surface area contributed by atoms with Crippen molar-refractivity contribution in [3.8, 4) is 0 Å². The first-order valence-electron chi connectivity index (χ1n) is 7.07. The Bertz CT molecular complexity index is 378. The lowest BCUT2D eigenvalue weighted by Gasteiger charge is -2.30. The Morgan fingerprint density at radius 3 is 2.45 bits per heavy atom. The van der Waals surface area contributed by atoms with Crippen molar-refractivity contribution in [1.29, 1.82) is 0 Å². The summed E-state index contributed by atoms with van der Waals surface area (Å²) in [6.07, 6.45) is 1.87. The molecule has 2 N–H and O–H groups in total. The first-order valence-corrected chi connectivity index (χ1v) is 7.07. The molecular formula is C14H26N2O4. The molecule has 1 aliphatic heterocycles. The van der Waals surface area contributed by atoms with Crippen LogP contribution in [0.15, 0.2) is 0 Å². The molecule has 1 saturated heterocycles. The predicted molar refractivity (Wildman–Crippen MR) is 75.5 cm³/mol. The van der Waals surface area contributed by atoms with Gasteiger partial charge >= 0.3 is 12.0 Å². The molecule has 6 heteroatoms. The minimum Gasteiger partial charge on any atom is -0.481 e. The van der Waals surface area contributed by atoms with Crippen molar-refractivity contribution in [1.82, 2.24) is 9.80 Å². The molecule has 0 aromatic heterocycles. The average molecular weight is 286 g/mol. The van der Waals surface area contributed by atoms with Gasteiger partial charge in [-0.25, -0.2) is 4.79 Å². The van der Waals surface area contributed by atoms with Crippen molar-refractivity contribution < 1.29 is 19.8 Å². The first kappa shape index (κ1) is 16.8. The molecule has 0 aromatic carbocycles. The third kappa shape index (κ3) is 3.85. The molecule has 1 unspecified atom stereocenters. The van der Waals surface area contributed by atoms with Crippen LogP contribution in [0, 0.1) is 5.41 Å². The topological polar surface area (TPSA) is 81.1 Å². The summed E-state index contributed by atoms with van der Waals surface area (Å²) in [5.74, 6) is -0.820. The number of aliphatic carboxylic acids is 1. The van der Waals surface area contributed by atoms with Gasteiger partial charge in [-0.05, 0) is 26.7 Å². The molecule has 1 rings (SSSR count). The van der Waals surface area contributed by atoms with E-state index in [1.165, 1.54) is 4.90 Å². The van der Waals surface area contributed by atoms with Gasteiger partial charge in [0.15, 0.2) is 0 Å². The maximum Gasteiger partial charge on any atom is 0.319 e. The molecule has 0 aliphatic carbocycles. The van der Waals surface area contributed by atoms with E-state index in [0.717, 1.165) is 6.42 Å². The van der Waals surface area contributed by atoms with Gasteiger partial charge in [-0.1, -0.05) is 13.3 Å². The van der Waals surface area contributed by atoms with E-state index in [-0.39, 0.29) is 19.1 Å². The Morgan fingerprint density at radius 2 is 2.00 bits per heavy atom.